The van der Waals surface area contributed by atoms with Gasteiger partial charge in [-0.2, -0.15) is 0 Å². The average Bonchev–Trinajstić information content (AvgIpc) is 3.50. The van der Waals surface area contributed by atoms with E-state index >= 15 is 0 Å². The molecule has 2 aliphatic rings. The summed E-state index contributed by atoms with van der Waals surface area (Å²) in [5.74, 6) is 2.38. The van der Waals surface area contributed by atoms with Gasteiger partial charge in [0.1, 0.15) is 17.6 Å². The number of oxazole rings is 1. The smallest absolute Gasteiger partial charge is 0.181 e. The molecule has 1 atom stereocenters. The lowest BCUT2D eigenvalue weighted by atomic mass is 10.1. The molecule has 2 fully saturated rings. The zero-order valence-electron chi connectivity index (χ0n) is 17.9. The highest BCUT2D eigenvalue weighted by atomic mass is 16.5. The van der Waals surface area contributed by atoms with Crippen LogP contribution in [0.15, 0.2) is 41.3 Å². The van der Waals surface area contributed by atoms with E-state index in [4.69, 9.17) is 13.9 Å². The standard InChI is InChI=1S/C24H31N3O3/c1-17(2)24-21(25-16-29-24)14-26-10-6-19(7-11-26)30-23-5-3-4-22-20(23)8-12-27(22)18-9-13-28-15-18/h3-5,8,12,16-19H,6-7,9-11,13-15H2,1-2H3. The fraction of sp³-hybridized carbons (Fsp3) is 0.542. The second-order valence-corrected chi connectivity index (χ2v) is 8.84. The Kier molecular flexibility index (Phi) is 5.52. The van der Waals surface area contributed by atoms with Crippen LogP contribution in [0.1, 0.15) is 56.5 Å². The maximum Gasteiger partial charge on any atom is 0.181 e. The molecule has 6 nitrogen and oxygen atoms in total. The Morgan fingerprint density at radius 1 is 1.17 bits per heavy atom. The number of benzene rings is 1. The number of likely N-dealkylation sites (tertiary alicyclic amines) is 1. The first kappa shape index (κ1) is 19.6. The number of fused-ring (bicyclic) bond motifs is 1. The van der Waals surface area contributed by atoms with Crippen molar-refractivity contribution in [2.45, 2.75) is 57.7 Å². The maximum atomic E-state index is 6.48. The summed E-state index contributed by atoms with van der Waals surface area (Å²) < 4.78 is 20.0. The summed E-state index contributed by atoms with van der Waals surface area (Å²) in [6, 6.07) is 9.03. The van der Waals surface area contributed by atoms with Crippen LogP contribution in [-0.4, -0.2) is 46.9 Å². The van der Waals surface area contributed by atoms with Gasteiger partial charge >= 0.3 is 0 Å². The number of hydrogen-bond donors (Lipinski definition) is 0. The quantitative estimate of drug-likeness (QED) is 0.588. The van der Waals surface area contributed by atoms with Gasteiger partial charge in [-0.3, -0.25) is 4.90 Å². The van der Waals surface area contributed by atoms with Crippen LogP contribution in [0.5, 0.6) is 5.75 Å². The second kappa shape index (κ2) is 8.44. The average molecular weight is 410 g/mol. The van der Waals surface area contributed by atoms with Crippen LogP contribution in [0.2, 0.25) is 0 Å². The van der Waals surface area contributed by atoms with Crippen LogP contribution in [0, 0.1) is 0 Å². The van der Waals surface area contributed by atoms with Gasteiger partial charge in [0.2, 0.25) is 0 Å². The zero-order valence-corrected chi connectivity index (χ0v) is 17.9. The third-order valence-corrected chi connectivity index (χ3v) is 6.42. The molecule has 1 unspecified atom stereocenters. The Morgan fingerprint density at radius 2 is 2.03 bits per heavy atom. The van der Waals surface area contributed by atoms with E-state index in [2.05, 4.69) is 58.8 Å². The van der Waals surface area contributed by atoms with E-state index < -0.39 is 0 Å². The van der Waals surface area contributed by atoms with E-state index in [1.54, 1.807) is 6.39 Å². The first-order valence-electron chi connectivity index (χ1n) is 11.2. The van der Waals surface area contributed by atoms with Crippen LogP contribution in [0.3, 0.4) is 0 Å². The summed E-state index contributed by atoms with van der Waals surface area (Å²) in [6.45, 7) is 8.86. The number of ether oxygens (including phenoxy) is 2. The largest absolute Gasteiger partial charge is 0.490 e. The summed E-state index contributed by atoms with van der Waals surface area (Å²) in [5, 5.41) is 1.20. The topological polar surface area (TPSA) is 52.7 Å². The lowest BCUT2D eigenvalue weighted by Crippen LogP contribution is -2.38. The van der Waals surface area contributed by atoms with E-state index in [1.165, 1.54) is 10.9 Å². The van der Waals surface area contributed by atoms with Crippen molar-refractivity contribution < 1.29 is 13.9 Å². The predicted octanol–water partition coefficient (Wildman–Crippen LogP) is 4.76. The summed E-state index contributed by atoms with van der Waals surface area (Å²) in [4.78, 5) is 6.90. The molecule has 0 saturated carbocycles. The molecule has 0 radical (unpaired) electrons. The lowest BCUT2D eigenvalue weighted by Gasteiger charge is -2.32. The Labute approximate surface area is 177 Å². The third kappa shape index (κ3) is 3.86. The van der Waals surface area contributed by atoms with E-state index in [1.807, 2.05) is 0 Å². The van der Waals surface area contributed by atoms with Crippen LogP contribution in [0.4, 0.5) is 0 Å². The van der Waals surface area contributed by atoms with E-state index in [-0.39, 0.29) is 6.10 Å². The van der Waals surface area contributed by atoms with Crippen molar-refractivity contribution in [2.24, 2.45) is 0 Å². The molecule has 0 amide bonds. The number of aromatic nitrogens is 2. The molecule has 4 heterocycles. The van der Waals surface area contributed by atoms with Gasteiger partial charge in [0.05, 0.1) is 23.9 Å². The van der Waals surface area contributed by atoms with Gasteiger partial charge in [-0.15, -0.1) is 0 Å². The lowest BCUT2D eigenvalue weighted by molar-refractivity contribution is 0.0970. The highest BCUT2D eigenvalue weighted by molar-refractivity contribution is 5.86. The van der Waals surface area contributed by atoms with Gasteiger partial charge in [-0.1, -0.05) is 19.9 Å². The molecule has 30 heavy (non-hydrogen) atoms. The molecule has 160 valence electrons. The van der Waals surface area contributed by atoms with Crippen molar-refractivity contribution in [1.82, 2.24) is 14.5 Å². The summed E-state index contributed by atoms with van der Waals surface area (Å²) in [6.07, 6.45) is 7.16. The minimum absolute atomic E-state index is 0.256. The molecular formula is C24H31N3O3. The van der Waals surface area contributed by atoms with Crippen molar-refractivity contribution >= 4 is 10.9 Å². The highest BCUT2D eigenvalue weighted by Gasteiger charge is 2.24. The molecule has 6 heteroatoms. The van der Waals surface area contributed by atoms with E-state index in [9.17, 15) is 0 Å². The van der Waals surface area contributed by atoms with Crippen molar-refractivity contribution in [1.29, 1.82) is 0 Å². The molecule has 1 aromatic carbocycles. The van der Waals surface area contributed by atoms with Crippen LogP contribution < -0.4 is 4.74 Å². The molecule has 0 N–H and O–H groups in total. The van der Waals surface area contributed by atoms with Crippen molar-refractivity contribution in [3.05, 3.63) is 48.3 Å². The van der Waals surface area contributed by atoms with Crippen LogP contribution in [-0.2, 0) is 11.3 Å². The van der Waals surface area contributed by atoms with Gasteiger partial charge in [0, 0.05) is 43.7 Å². The van der Waals surface area contributed by atoms with Gasteiger partial charge < -0.3 is 18.5 Å². The van der Waals surface area contributed by atoms with Gasteiger partial charge in [-0.05, 0) is 37.5 Å². The zero-order chi connectivity index (χ0) is 20.5. The first-order chi connectivity index (χ1) is 14.7. The van der Waals surface area contributed by atoms with E-state index in [0.29, 0.717) is 12.0 Å². The normalized spacial score (nSPS) is 21.1. The Hall–Kier alpha value is -2.31. The number of nitrogens with zero attached hydrogens (tertiary/aromatic N) is 3. The Balaban J connectivity index is 1.22. The van der Waals surface area contributed by atoms with Crippen LogP contribution in [0.25, 0.3) is 10.9 Å². The number of rotatable bonds is 6. The summed E-state index contributed by atoms with van der Waals surface area (Å²) >= 11 is 0. The van der Waals surface area contributed by atoms with Crippen molar-refractivity contribution in [3.8, 4) is 5.75 Å². The predicted molar refractivity (Wildman–Crippen MR) is 116 cm³/mol. The minimum atomic E-state index is 0.256. The molecule has 5 rings (SSSR count). The SMILES string of the molecule is CC(C)c1ocnc1CN1CCC(Oc2cccc3c2ccn3C2CCOC2)CC1. The summed E-state index contributed by atoms with van der Waals surface area (Å²) in [7, 11) is 0. The molecule has 0 aliphatic carbocycles. The number of hydrogen-bond acceptors (Lipinski definition) is 5. The van der Waals surface area contributed by atoms with Crippen molar-refractivity contribution in [2.75, 3.05) is 26.3 Å². The number of piperidine rings is 1. The molecule has 2 aromatic heterocycles. The molecule has 3 aromatic rings. The second-order valence-electron chi connectivity index (χ2n) is 8.84. The first-order valence-corrected chi connectivity index (χ1v) is 11.2. The monoisotopic (exact) mass is 409 g/mol. The van der Waals surface area contributed by atoms with Gasteiger partial charge in [0.15, 0.2) is 6.39 Å². The molecule has 2 aliphatic heterocycles. The van der Waals surface area contributed by atoms with E-state index in [0.717, 1.165) is 69.3 Å². The highest BCUT2D eigenvalue weighted by Crippen LogP contribution is 2.32. The molecule has 0 bridgehead atoms. The molecule has 0 spiro atoms. The maximum absolute atomic E-state index is 6.48. The van der Waals surface area contributed by atoms with Gasteiger partial charge in [0.25, 0.3) is 0 Å². The fourth-order valence-electron chi connectivity index (χ4n) is 4.77. The van der Waals surface area contributed by atoms with Crippen molar-refractivity contribution in [3.63, 3.8) is 0 Å². The summed E-state index contributed by atoms with van der Waals surface area (Å²) in [5.41, 5.74) is 2.32. The van der Waals surface area contributed by atoms with Gasteiger partial charge in [-0.25, -0.2) is 4.98 Å². The molecule has 2 saturated heterocycles. The fourth-order valence-corrected chi connectivity index (χ4v) is 4.77. The third-order valence-electron chi connectivity index (χ3n) is 6.42. The van der Waals surface area contributed by atoms with Crippen LogP contribution >= 0.6 is 0 Å². The molecular weight excluding hydrogens is 378 g/mol. The minimum Gasteiger partial charge on any atom is -0.490 e. The Morgan fingerprint density at radius 3 is 2.80 bits per heavy atom. The Bertz CT molecular complexity index is 979.